The number of aromatic nitrogens is 1. The van der Waals surface area contributed by atoms with Crippen molar-refractivity contribution >= 4 is 5.82 Å². The molecule has 0 spiro atoms. The van der Waals surface area contributed by atoms with Crippen LogP contribution in [0.25, 0.3) is 11.1 Å². The van der Waals surface area contributed by atoms with E-state index < -0.39 is 0 Å². The number of methoxy groups -OCH3 is 1. The van der Waals surface area contributed by atoms with Crippen LogP contribution in [0.4, 0.5) is 5.82 Å². The summed E-state index contributed by atoms with van der Waals surface area (Å²) in [6.07, 6.45) is 2.67. The Hall–Kier alpha value is -2.41. The van der Waals surface area contributed by atoms with Crippen LogP contribution in [-0.2, 0) is 6.42 Å². The van der Waals surface area contributed by atoms with Crippen molar-refractivity contribution in [3.63, 3.8) is 0 Å². The number of nitrogens with zero attached hydrogens (tertiary/aromatic N) is 1. The number of H-pyrrole nitrogens is 1. The van der Waals surface area contributed by atoms with E-state index in [1.165, 1.54) is 5.56 Å². The minimum Gasteiger partial charge on any atom is -0.496 e. The Bertz CT molecular complexity index is 608. The third-order valence-electron chi connectivity index (χ3n) is 2.98. The molecule has 0 saturated carbocycles. The van der Waals surface area contributed by atoms with Gasteiger partial charge in [-0.1, -0.05) is 13.0 Å². The Labute approximate surface area is 106 Å². The lowest BCUT2D eigenvalue weighted by atomic mass is 10.00. The molecule has 92 valence electrons. The van der Waals surface area contributed by atoms with Gasteiger partial charge in [0.2, 0.25) is 0 Å². The van der Waals surface area contributed by atoms with E-state index in [1.807, 2.05) is 18.2 Å². The van der Waals surface area contributed by atoms with E-state index in [0.717, 1.165) is 23.3 Å². The van der Waals surface area contributed by atoms with Crippen LogP contribution in [0.2, 0.25) is 0 Å². The van der Waals surface area contributed by atoms with E-state index in [4.69, 9.17) is 15.7 Å². The maximum Gasteiger partial charge on any atom is 0.126 e. The van der Waals surface area contributed by atoms with Gasteiger partial charge in [-0.05, 0) is 24.1 Å². The second kappa shape index (κ2) is 4.84. The lowest BCUT2D eigenvalue weighted by Crippen LogP contribution is -1.92. The van der Waals surface area contributed by atoms with Gasteiger partial charge in [0.15, 0.2) is 0 Å². The zero-order valence-corrected chi connectivity index (χ0v) is 10.4. The monoisotopic (exact) mass is 241 g/mol. The van der Waals surface area contributed by atoms with Gasteiger partial charge in [-0.25, -0.2) is 0 Å². The first kappa shape index (κ1) is 12.1. The van der Waals surface area contributed by atoms with Crippen molar-refractivity contribution < 1.29 is 4.74 Å². The molecule has 2 rings (SSSR count). The highest BCUT2D eigenvalue weighted by atomic mass is 16.5. The van der Waals surface area contributed by atoms with Gasteiger partial charge in [-0.15, -0.1) is 0 Å². The summed E-state index contributed by atoms with van der Waals surface area (Å²) in [5.74, 6) is 1.12. The molecule has 0 radical (unpaired) electrons. The van der Waals surface area contributed by atoms with Crippen molar-refractivity contribution in [1.82, 2.24) is 4.98 Å². The quantitative estimate of drug-likeness (QED) is 0.867. The maximum atomic E-state index is 9.15. The fourth-order valence-electron chi connectivity index (χ4n) is 1.96. The SMILES string of the molecule is CCc1ccc(OC)c(-c2c[nH]c(N)c2C#N)c1. The number of anilines is 1. The van der Waals surface area contributed by atoms with Crippen LogP contribution in [0, 0.1) is 11.3 Å². The van der Waals surface area contributed by atoms with Gasteiger partial charge < -0.3 is 15.5 Å². The molecule has 18 heavy (non-hydrogen) atoms. The molecule has 0 atom stereocenters. The average molecular weight is 241 g/mol. The molecule has 0 aliphatic heterocycles. The molecular weight excluding hydrogens is 226 g/mol. The minimum absolute atomic E-state index is 0.386. The fraction of sp³-hybridized carbons (Fsp3) is 0.214. The van der Waals surface area contributed by atoms with Crippen LogP contribution in [0.15, 0.2) is 24.4 Å². The molecule has 0 aliphatic rings. The standard InChI is InChI=1S/C14H15N3O/c1-3-9-4-5-13(18-2)10(6-9)12-8-17-14(16)11(12)7-15/h4-6,8,17H,3,16H2,1-2H3. The lowest BCUT2D eigenvalue weighted by Gasteiger charge is -2.09. The maximum absolute atomic E-state index is 9.15. The van der Waals surface area contributed by atoms with E-state index in [0.29, 0.717) is 11.4 Å². The molecule has 2 aromatic rings. The number of aromatic amines is 1. The van der Waals surface area contributed by atoms with Crippen molar-refractivity contribution in [2.45, 2.75) is 13.3 Å². The highest BCUT2D eigenvalue weighted by Gasteiger charge is 2.14. The summed E-state index contributed by atoms with van der Waals surface area (Å²) in [5.41, 5.74) is 9.05. The highest BCUT2D eigenvalue weighted by molar-refractivity contribution is 5.80. The van der Waals surface area contributed by atoms with Crippen LogP contribution in [-0.4, -0.2) is 12.1 Å². The summed E-state index contributed by atoms with van der Waals surface area (Å²) < 4.78 is 5.34. The number of hydrogen-bond acceptors (Lipinski definition) is 3. The first-order valence-corrected chi connectivity index (χ1v) is 5.75. The van der Waals surface area contributed by atoms with Crippen LogP contribution in [0.3, 0.4) is 0 Å². The number of nitrogens with two attached hydrogens (primary N) is 1. The number of aryl methyl sites for hydroxylation is 1. The third-order valence-corrected chi connectivity index (χ3v) is 2.98. The van der Waals surface area contributed by atoms with E-state index in [1.54, 1.807) is 13.3 Å². The first-order chi connectivity index (χ1) is 8.71. The molecule has 1 aromatic carbocycles. The number of ether oxygens (including phenoxy) is 1. The van der Waals surface area contributed by atoms with E-state index in [2.05, 4.69) is 18.0 Å². The second-order valence-corrected chi connectivity index (χ2v) is 3.99. The summed E-state index contributed by atoms with van der Waals surface area (Å²) in [4.78, 5) is 2.88. The van der Waals surface area contributed by atoms with Crippen molar-refractivity contribution in [2.24, 2.45) is 0 Å². The molecular formula is C14H15N3O. The van der Waals surface area contributed by atoms with Crippen molar-refractivity contribution in [3.05, 3.63) is 35.5 Å². The van der Waals surface area contributed by atoms with Gasteiger partial charge in [0.05, 0.1) is 7.11 Å². The predicted molar refractivity (Wildman–Crippen MR) is 71.3 cm³/mol. The fourth-order valence-corrected chi connectivity index (χ4v) is 1.96. The van der Waals surface area contributed by atoms with Gasteiger partial charge in [0, 0.05) is 17.3 Å². The minimum atomic E-state index is 0.386. The Kier molecular flexibility index (Phi) is 3.24. The third kappa shape index (κ3) is 1.91. The molecule has 0 amide bonds. The summed E-state index contributed by atoms with van der Waals surface area (Å²) in [5, 5.41) is 9.15. The zero-order valence-electron chi connectivity index (χ0n) is 10.4. The normalized spacial score (nSPS) is 10.1. The zero-order chi connectivity index (χ0) is 13.1. The second-order valence-electron chi connectivity index (χ2n) is 3.99. The van der Waals surface area contributed by atoms with Crippen molar-refractivity contribution in [2.75, 3.05) is 12.8 Å². The summed E-state index contributed by atoms with van der Waals surface area (Å²) >= 11 is 0. The molecule has 4 heteroatoms. The van der Waals surface area contributed by atoms with Gasteiger partial charge in [0.25, 0.3) is 0 Å². The Morgan fingerprint density at radius 2 is 2.17 bits per heavy atom. The molecule has 4 nitrogen and oxygen atoms in total. The van der Waals surface area contributed by atoms with Crippen LogP contribution in [0.5, 0.6) is 5.75 Å². The largest absolute Gasteiger partial charge is 0.496 e. The Balaban J connectivity index is 2.65. The molecule has 0 saturated heterocycles. The molecule has 1 aromatic heterocycles. The molecule has 1 heterocycles. The number of nitrogens with one attached hydrogen (secondary N) is 1. The summed E-state index contributed by atoms with van der Waals surface area (Å²) in [7, 11) is 1.62. The number of nitrogen functional groups attached to an aromatic ring is 1. The predicted octanol–water partition coefficient (Wildman–Crippen LogP) is 2.71. The number of hydrogen-bond donors (Lipinski definition) is 2. The molecule has 0 aliphatic carbocycles. The van der Waals surface area contributed by atoms with Crippen molar-refractivity contribution in [1.29, 1.82) is 5.26 Å². The highest BCUT2D eigenvalue weighted by Crippen LogP contribution is 2.35. The number of rotatable bonds is 3. The van der Waals surface area contributed by atoms with E-state index >= 15 is 0 Å². The van der Waals surface area contributed by atoms with Crippen LogP contribution >= 0.6 is 0 Å². The summed E-state index contributed by atoms with van der Waals surface area (Å²) in [6.45, 7) is 2.09. The first-order valence-electron chi connectivity index (χ1n) is 5.75. The van der Waals surface area contributed by atoms with Gasteiger partial charge >= 0.3 is 0 Å². The van der Waals surface area contributed by atoms with Crippen molar-refractivity contribution in [3.8, 4) is 22.9 Å². The van der Waals surface area contributed by atoms with Gasteiger partial charge in [-0.2, -0.15) is 5.26 Å². The average Bonchev–Trinajstić information content (AvgIpc) is 2.78. The van der Waals surface area contributed by atoms with Crippen LogP contribution in [0.1, 0.15) is 18.1 Å². The van der Waals surface area contributed by atoms with Crippen LogP contribution < -0.4 is 10.5 Å². The number of nitriles is 1. The van der Waals surface area contributed by atoms with E-state index in [-0.39, 0.29) is 0 Å². The topological polar surface area (TPSA) is 74.8 Å². The lowest BCUT2D eigenvalue weighted by molar-refractivity contribution is 0.416. The molecule has 3 N–H and O–H groups in total. The molecule has 0 unspecified atom stereocenters. The van der Waals surface area contributed by atoms with Gasteiger partial charge in [0.1, 0.15) is 23.2 Å². The number of benzene rings is 1. The van der Waals surface area contributed by atoms with E-state index in [9.17, 15) is 0 Å². The smallest absolute Gasteiger partial charge is 0.126 e. The molecule has 0 bridgehead atoms. The Morgan fingerprint density at radius 1 is 1.39 bits per heavy atom. The summed E-state index contributed by atoms with van der Waals surface area (Å²) in [6, 6.07) is 8.08. The Morgan fingerprint density at radius 3 is 2.78 bits per heavy atom. The van der Waals surface area contributed by atoms with Gasteiger partial charge in [-0.3, -0.25) is 0 Å². The molecule has 0 fully saturated rings.